The fourth-order valence-corrected chi connectivity index (χ4v) is 2.21. The molecule has 0 radical (unpaired) electrons. The number of hydrogen-bond acceptors (Lipinski definition) is 4. The zero-order valence-electron chi connectivity index (χ0n) is 11.0. The molecule has 0 saturated heterocycles. The van der Waals surface area contributed by atoms with Gasteiger partial charge in [0, 0.05) is 16.9 Å². The predicted octanol–water partition coefficient (Wildman–Crippen LogP) is 2.74. The van der Waals surface area contributed by atoms with E-state index in [0.717, 1.165) is 23.6 Å². The monoisotopic (exact) mass is 253 g/mol. The number of benzene rings is 1. The van der Waals surface area contributed by atoms with E-state index in [0.29, 0.717) is 5.78 Å². The Morgan fingerprint density at radius 2 is 2.00 bits per heavy atom. The van der Waals surface area contributed by atoms with Crippen molar-refractivity contribution in [2.45, 2.75) is 20.3 Å². The molecule has 0 amide bonds. The smallest absolute Gasteiger partial charge is 0.256 e. The molecule has 3 rings (SSSR count). The largest absolute Gasteiger partial charge is 0.341 e. The molecular formula is C14H15N5. The number of aryl methyl sites for hydroxylation is 1. The number of aromatic nitrogens is 4. The van der Waals surface area contributed by atoms with Gasteiger partial charge >= 0.3 is 0 Å². The van der Waals surface area contributed by atoms with E-state index in [4.69, 9.17) is 0 Å². The molecule has 0 atom stereocenters. The summed E-state index contributed by atoms with van der Waals surface area (Å²) < 4.78 is 1.89. The zero-order chi connectivity index (χ0) is 13.2. The molecule has 0 bridgehead atoms. The van der Waals surface area contributed by atoms with E-state index in [2.05, 4.69) is 27.4 Å². The van der Waals surface area contributed by atoms with Gasteiger partial charge in [0.1, 0.15) is 12.1 Å². The molecule has 19 heavy (non-hydrogen) atoms. The number of nitrogens with one attached hydrogen (secondary N) is 1. The quantitative estimate of drug-likeness (QED) is 0.779. The van der Waals surface area contributed by atoms with E-state index in [9.17, 15) is 0 Å². The van der Waals surface area contributed by atoms with E-state index in [-0.39, 0.29) is 0 Å². The van der Waals surface area contributed by atoms with Crippen molar-refractivity contribution in [2.24, 2.45) is 0 Å². The molecule has 2 heterocycles. The summed E-state index contributed by atoms with van der Waals surface area (Å²) in [5.41, 5.74) is 3.20. The van der Waals surface area contributed by atoms with Gasteiger partial charge in [-0.3, -0.25) is 4.40 Å². The van der Waals surface area contributed by atoms with Gasteiger partial charge in [0.2, 0.25) is 0 Å². The molecule has 0 saturated carbocycles. The number of fused-ring (bicyclic) bond motifs is 1. The Labute approximate surface area is 111 Å². The first-order chi connectivity index (χ1) is 9.29. The molecular weight excluding hydrogens is 238 g/mol. The lowest BCUT2D eigenvalue weighted by Gasteiger charge is -2.14. The minimum absolute atomic E-state index is 0.619. The van der Waals surface area contributed by atoms with Gasteiger partial charge in [-0.2, -0.15) is 0 Å². The van der Waals surface area contributed by atoms with Crippen molar-refractivity contribution in [3.05, 3.63) is 47.9 Å². The van der Waals surface area contributed by atoms with Crippen LogP contribution in [0.2, 0.25) is 0 Å². The lowest BCUT2D eigenvalue weighted by molar-refractivity contribution is 0.986. The molecule has 0 aliphatic rings. The summed E-state index contributed by atoms with van der Waals surface area (Å²) in [5, 5.41) is 11.4. The van der Waals surface area contributed by atoms with Crippen LogP contribution in [0.25, 0.3) is 5.78 Å². The van der Waals surface area contributed by atoms with Gasteiger partial charge in [0.05, 0.1) is 0 Å². The van der Waals surface area contributed by atoms with Crippen molar-refractivity contribution >= 4 is 17.3 Å². The average molecular weight is 253 g/mol. The van der Waals surface area contributed by atoms with Crippen LogP contribution >= 0.6 is 0 Å². The van der Waals surface area contributed by atoms with E-state index in [1.165, 1.54) is 5.56 Å². The Balaban J connectivity index is 2.17. The third kappa shape index (κ3) is 2.03. The number of hydrogen-bond donors (Lipinski definition) is 1. The third-order valence-corrected chi connectivity index (χ3v) is 3.15. The highest BCUT2D eigenvalue weighted by Crippen LogP contribution is 2.23. The van der Waals surface area contributed by atoms with Crippen LogP contribution in [-0.4, -0.2) is 19.6 Å². The summed E-state index contributed by atoms with van der Waals surface area (Å²) in [6.07, 6.45) is 2.59. The topological polar surface area (TPSA) is 55.1 Å². The second-order valence-corrected chi connectivity index (χ2v) is 4.37. The second kappa shape index (κ2) is 4.68. The summed E-state index contributed by atoms with van der Waals surface area (Å²) in [4.78, 5) is 4.46. The van der Waals surface area contributed by atoms with Crippen LogP contribution in [0.3, 0.4) is 0 Å². The lowest BCUT2D eigenvalue weighted by atomic mass is 10.1. The average Bonchev–Trinajstić information content (AvgIpc) is 2.88. The Morgan fingerprint density at radius 3 is 2.74 bits per heavy atom. The van der Waals surface area contributed by atoms with Crippen molar-refractivity contribution in [2.75, 3.05) is 5.32 Å². The van der Waals surface area contributed by atoms with E-state index >= 15 is 0 Å². The van der Waals surface area contributed by atoms with Crippen LogP contribution in [0.5, 0.6) is 0 Å². The Hall–Kier alpha value is -2.43. The number of anilines is 2. The van der Waals surface area contributed by atoms with Crippen LogP contribution in [0.4, 0.5) is 11.5 Å². The standard InChI is InChI=1S/C14H15N5/c1-3-12-10(2)16-14-18-15-9-19(14)13(12)17-11-7-5-4-6-8-11/h4-9,17H,3H2,1-2H3. The van der Waals surface area contributed by atoms with E-state index in [1.807, 2.05) is 41.7 Å². The predicted molar refractivity (Wildman–Crippen MR) is 74.6 cm³/mol. The molecule has 0 spiro atoms. The number of rotatable bonds is 3. The minimum Gasteiger partial charge on any atom is -0.341 e. The molecule has 2 aromatic heterocycles. The lowest BCUT2D eigenvalue weighted by Crippen LogP contribution is -2.06. The Kier molecular flexibility index (Phi) is 2.87. The number of para-hydroxylation sites is 1. The highest BCUT2D eigenvalue weighted by Gasteiger charge is 2.12. The van der Waals surface area contributed by atoms with Crippen molar-refractivity contribution in [3.63, 3.8) is 0 Å². The summed E-state index contributed by atoms with van der Waals surface area (Å²) in [5.74, 6) is 1.61. The second-order valence-electron chi connectivity index (χ2n) is 4.37. The highest BCUT2D eigenvalue weighted by atomic mass is 15.3. The van der Waals surface area contributed by atoms with E-state index < -0.39 is 0 Å². The molecule has 0 aliphatic heterocycles. The zero-order valence-corrected chi connectivity index (χ0v) is 11.0. The maximum absolute atomic E-state index is 4.46. The summed E-state index contributed by atoms with van der Waals surface area (Å²) in [7, 11) is 0. The number of nitrogens with zero attached hydrogens (tertiary/aromatic N) is 4. The molecule has 1 aromatic carbocycles. The van der Waals surface area contributed by atoms with Gasteiger partial charge in [-0.05, 0) is 25.5 Å². The molecule has 0 unspecified atom stereocenters. The SMILES string of the molecule is CCc1c(C)nc2nncn2c1Nc1ccccc1. The molecule has 5 nitrogen and oxygen atoms in total. The van der Waals surface area contributed by atoms with Crippen molar-refractivity contribution < 1.29 is 0 Å². The van der Waals surface area contributed by atoms with Gasteiger partial charge < -0.3 is 5.32 Å². The molecule has 1 N–H and O–H groups in total. The van der Waals surface area contributed by atoms with Crippen LogP contribution < -0.4 is 5.32 Å². The van der Waals surface area contributed by atoms with Crippen LogP contribution in [0.1, 0.15) is 18.2 Å². The highest BCUT2D eigenvalue weighted by molar-refractivity contribution is 5.63. The van der Waals surface area contributed by atoms with Crippen molar-refractivity contribution in [1.82, 2.24) is 19.6 Å². The molecule has 5 heteroatoms. The van der Waals surface area contributed by atoms with Gasteiger partial charge in [-0.15, -0.1) is 10.2 Å². The maximum atomic E-state index is 4.46. The fourth-order valence-electron chi connectivity index (χ4n) is 2.21. The van der Waals surface area contributed by atoms with Gasteiger partial charge in [0.15, 0.2) is 0 Å². The first kappa shape index (κ1) is 11.6. The minimum atomic E-state index is 0.619. The molecule has 96 valence electrons. The maximum Gasteiger partial charge on any atom is 0.256 e. The first-order valence-corrected chi connectivity index (χ1v) is 6.31. The molecule has 3 aromatic rings. The van der Waals surface area contributed by atoms with Gasteiger partial charge in [-0.1, -0.05) is 25.1 Å². The summed E-state index contributed by atoms with van der Waals surface area (Å²) >= 11 is 0. The van der Waals surface area contributed by atoms with Crippen molar-refractivity contribution in [1.29, 1.82) is 0 Å². The fraction of sp³-hybridized carbons (Fsp3) is 0.214. The Bertz CT molecular complexity index is 702. The van der Waals surface area contributed by atoms with Crippen LogP contribution in [0, 0.1) is 6.92 Å². The Morgan fingerprint density at radius 1 is 1.21 bits per heavy atom. The third-order valence-electron chi connectivity index (χ3n) is 3.15. The van der Waals surface area contributed by atoms with Crippen LogP contribution in [0.15, 0.2) is 36.7 Å². The van der Waals surface area contributed by atoms with Gasteiger partial charge in [0.25, 0.3) is 5.78 Å². The molecule has 0 fully saturated rings. The van der Waals surface area contributed by atoms with Crippen molar-refractivity contribution in [3.8, 4) is 0 Å². The normalized spacial score (nSPS) is 10.8. The van der Waals surface area contributed by atoms with E-state index in [1.54, 1.807) is 6.33 Å². The summed E-state index contributed by atoms with van der Waals surface area (Å²) in [6.45, 7) is 4.13. The van der Waals surface area contributed by atoms with Gasteiger partial charge in [-0.25, -0.2) is 4.98 Å². The molecule has 0 aliphatic carbocycles. The first-order valence-electron chi connectivity index (χ1n) is 6.31. The summed E-state index contributed by atoms with van der Waals surface area (Å²) in [6, 6.07) is 10.1. The van der Waals surface area contributed by atoms with Crippen LogP contribution in [-0.2, 0) is 6.42 Å².